The van der Waals surface area contributed by atoms with Crippen LogP contribution in [0.25, 0.3) is 10.9 Å². The maximum Gasteiger partial charge on any atom is 0.234 e. The molecule has 6 heteroatoms. The van der Waals surface area contributed by atoms with Gasteiger partial charge in [-0.2, -0.15) is 9.97 Å². The number of benzene rings is 2. The van der Waals surface area contributed by atoms with Gasteiger partial charge in [-0.25, -0.2) is 0 Å². The Labute approximate surface area is 195 Å². The van der Waals surface area contributed by atoms with Gasteiger partial charge in [-0.15, -0.1) is 0 Å². The van der Waals surface area contributed by atoms with Crippen molar-refractivity contribution in [2.75, 3.05) is 28.6 Å². The van der Waals surface area contributed by atoms with E-state index >= 15 is 0 Å². The number of hydrogen-bond donors (Lipinski definition) is 2. The van der Waals surface area contributed by atoms with Gasteiger partial charge in [0, 0.05) is 48.0 Å². The number of aryl methyl sites for hydroxylation is 1. The summed E-state index contributed by atoms with van der Waals surface area (Å²) < 4.78 is 0. The van der Waals surface area contributed by atoms with E-state index < -0.39 is 0 Å². The number of H-pyrrole nitrogens is 1. The van der Waals surface area contributed by atoms with Gasteiger partial charge in [0.05, 0.1) is 0 Å². The summed E-state index contributed by atoms with van der Waals surface area (Å²) in [5.74, 6) is 2.09. The summed E-state index contributed by atoms with van der Waals surface area (Å²) >= 11 is 0. The zero-order chi connectivity index (χ0) is 22.8. The lowest BCUT2D eigenvalue weighted by Gasteiger charge is -2.32. The van der Waals surface area contributed by atoms with Crippen LogP contribution in [0.3, 0.4) is 0 Å². The summed E-state index contributed by atoms with van der Waals surface area (Å²) in [6, 6.07) is 19.1. The molecule has 170 valence electrons. The fourth-order valence-electron chi connectivity index (χ4n) is 4.81. The largest absolute Gasteiger partial charge is 0.383 e. The maximum atomic E-state index is 6.31. The summed E-state index contributed by atoms with van der Waals surface area (Å²) in [4.78, 5) is 17.7. The second kappa shape index (κ2) is 9.14. The number of nitrogens with one attached hydrogen (secondary N) is 1. The molecule has 0 spiro atoms. The number of aromatic nitrogens is 3. The van der Waals surface area contributed by atoms with E-state index in [-0.39, 0.29) is 6.04 Å². The number of nitrogens with zero attached hydrogens (tertiary/aromatic N) is 4. The van der Waals surface area contributed by atoms with Gasteiger partial charge < -0.3 is 20.5 Å². The fourth-order valence-corrected chi connectivity index (χ4v) is 4.81. The summed E-state index contributed by atoms with van der Waals surface area (Å²) in [6.45, 7) is 6.38. The number of piperidine rings is 1. The number of para-hydroxylation sites is 1. The molecular weight excluding hydrogens is 408 g/mol. The Hall–Kier alpha value is -3.54. The highest BCUT2D eigenvalue weighted by molar-refractivity contribution is 5.83. The third kappa shape index (κ3) is 4.51. The lowest BCUT2D eigenvalue weighted by Crippen LogP contribution is -2.34. The molecule has 0 radical (unpaired) electrons. The lowest BCUT2D eigenvalue weighted by atomic mass is 10.0. The maximum absolute atomic E-state index is 6.31. The van der Waals surface area contributed by atoms with Crippen LogP contribution in [-0.2, 0) is 6.42 Å². The number of anilines is 4. The van der Waals surface area contributed by atoms with Gasteiger partial charge in [-0.05, 0) is 63.3 Å². The second-order valence-corrected chi connectivity index (χ2v) is 9.12. The van der Waals surface area contributed by atoms with E-state index in [9.17, 15) is 0 Å². The monoisotopic (exact) mass is 440 g/mol. The van der Waals surface area contributed by atoms with Crippen molar-refractivity contribution < 1.29 is 0 Å². The van der Waals surface area contributed by atoms with E-state index in [1.165, 1.54) is 35.8 Å². The molecule has 0 aliphatic carbocycles. The van der Waals surface area contributed by atoms with Crippen molar-refractivity contribution in [2.24, 2.45) is 0 Å². The molecule has 33 heavy (non-hydrogen) atoms. The van der Waals surface area contributed by atoms with E-state index in [1.54, 1.807) is 0 Å². The Balaban J connectivity index is 1.53. The van der Waals surface area contributed by atoms with Crippen LogP contribution >= 0.6 is 0 Å². The van der Waals surface area contributed by atoms with Crippen molar-refractivity contribution in [1.82, 2.24) is 15.0 Å². The van der Waals surface area contributed by atoms with Crippen LogP contribution in [0.2, 0.25) is 0 Å². The van der Waals surface area contributed by atoms with E-state index in [0.717, 1.165) is 36.5 Å². The number of fused-ring (bicyclic) bond motifs is 1. The van der Waals surface area contributed by atoms with Gasteiger partial charge in [0.1, 0.15) is 11.6 Å². The van der Waals surface area contributed by atoms with Crippen LogP contribution in [0.1, 0.15) is 37.3 Å². The van der Waals surface area contributed by atoms with Gasteiger partial charge in [0.25, 0.3) is 0 Å². The minimum atomic E-state index is 0.128. The van der Waals surface area contributed by atoms with Crippen LogP contribution < -0.4 is 15.5 Å². The van der Waals surface area contributed by atoms with E-state index in [2.05, 4.69) is 83.4 Å². The van der Waals surface area contributed by atoms with Crippen LogP contribution in [0, 0.1) is 6.92 Å². The fraction of sp³-hybridized carbons (Fsp3) is 0.333. The molecule has 1 saturated heterocycles. The third-order valence-electron chi connectivity index (χ3n) is 6.56. The summed E-state index contributed by atoms with van der Waals surface area (Å²) in [7, 11) is 0. The predicted molar refractivity (Wildman–Crippen MR) is 137 cm³/mol. The van der Waals surface area contributed by atoms with Crippen LogP contribution in [0.5, 0.6) is 0 Å². The first kappa shape index (κ1) is 21.3. The second-order valence-electron chi connectivity index (χ2n) is 9.12. The molecule has 5 rings (SSSR count). The highest BCUT2D eigenvalue weighted by atomic mass is 15.3. The average Bonchev–Trinajstić information content (AvgIpc) is 3.23. The molecule has 0 bridgehead atoms. The number of aromatic amines is 1. The van der Waals surface area contributed by atoms with E-state index in [4.69, 9.17) is 15.7 Å². The van der Waals surface area contributed by atoms with Crippen molar-refractivity contribution in [3.63, 3.8) is 0 Å². The Kier molecular flexibility index (Phi) is 5.90. The van der Waals surface area contributed by atoms with Gasteiger partial charge in [0.2, 0.25) is 5.95 Å². The van der Waals surface area contributed by atoms with Crippen molar-refractivity contribution in [1.29, 1.82) is 0 Å². The van der Waals surface area contributed by atoms with Crippen molar-refractivity contribution in [3.8, 4) is 0 Å². The van der Waals surface area contributed by atoms with Crippen LogP contribution in [0.15, 0.2) is 60.8 Å². The molecule has 2 aromatic heterocycles. The Bertz CT molecular complexity index is 1220. The van der Waals surface area contributed by atoms with Crippen molar-refractivity contribution in [3.05, 3.63) is 71.9 Å². The molecule has 0 amide bonds. The smallest absolute Gasteiger partial charge is 0.234 e. The molecule has 0 saturated carbocycles. The Morgan fingerprint density at radius 2 is 1.79 bits per heavy atom. The molecule has 3 N–H and O–H groups in total. The highest BCUT2D eigenvalue weighted by Gasteiger charge is 2.23. The van der Waals surface area contributed by atoms with E-state index in [1.807, 2.05) is 6.07 Å². The summed E-state index contributed by atoms with van der Waals surface area (Å²) in [5, 5.41) is 1.26. The zero-order valence-electron chi connectivity index (χ0n) is 19.5. The number of nitrogens with two attached hydrogens (primary N) is 1. The van der Waals surface area contributed by atoms with Gasteiger partial charge in [-0.1, -0.05) is 35.9 Å². The summed E-state index contributed by atoms with van der Waals surface area (Å²) in [5.41, 5.74) is 11.1. The normalized spacial score (nSPS) is 15.0. The predicted octanol–water partition coefficient (Wildman–Crippen LogP) is 5.61. The molecule has 6 nitrogen and oxygen atoms in total. The topological polar surface area (TPSA) is 74.1 Å². The number of hydrogen-bond acceptors (Lipinski definition) is 5. The molecule has 4 aromatic rings. The molecular formula is C27H32N6. The Morgan fingerprint density at radius 3 is 2.58 bits per heavy atom. The average molecular weight is 441 g/mol. The van der Waals surface area contributed by atoms with E-state index in [0.29, 0.717) is 11.8 Å². The molecule has 1 aliphatic rings. The molecule has 1 aliphatic heterocycles. The number of rotatable bonds is 6. The van der Waals surface area contributed by atoms with Crippen molar-refractivity contribution >= 4 is 34.2 Å². The first-order valence-corrected chi connectivity index (χ1v) is 11.9. The van der Waals surface area contributed by atoms with Crippen molar-refractivity contribution in [2.45, 2.75) is 45.6 Å². The number of nitrogen functional groups attached to an aromatic ring is 1. The SMILES string of the molecule is Cc1ccc(N(c2nc(N)cc(N3CCCCC3)n2)C(C)Cc2c[nH]c3ccccc23)cc1. The zero-order valence-corrected chi connectivity index (χ0v) is 19.5. The van der Waals surface area contributed by atoms with Crippen LogP contribution in [-0.4, -0.2) is 34.1 Å². The minimum absolute atomic E-state index is 0.128. The first-order chi connectivity index (χ1) is 16.1. The molecule has 1 unspecified atom stereocenters. The highest BCUT2D eigenvalue weighted by Crippen LogP contribution is 2.31. The first-order valence-electron chi connectivity index (χ1n) is 11.9. The quantitative estimate of drug-likeness (QED) is 0.408. The van der Waals surface area contributed by atoms with Gasteiger partial charge >= 0.3 is 0 Å². The molecule has 3 heterocycles. The summed E-state index contributed by atoms with van der Waals surface area (Å²) in [6.07, 6.45) is 6.64. The lowest BCUT2D eigenvalue weighted by molar-refractivity contribution is 0.572. The standard InChI is InChI=1S/C27H32N6/c1-19-10-12-22(13-11-19)33(20(2)16-21-18-29-24-9-5-4-8-23(21)24)27-30-25(28)17-26(31-27)32-14-6-3-7-15-32/h4-5,8-13,17-18,20,29H,3,6-7,14-16H2,1-2H3,(H2,28,30,31). The third-order valence-corrected chi connectivity index (χ3v) is 6.56. The van der Waals surface area contributed by atoms with Crippen LogP contribution in [0.4, 0.5) is 23.3 Å². The minimum Gasteiger partial charge on any atom is -0.383 e. The Morgan fingerprint density at radius 1 is 1.03 bits per heavy atom. The molecule has 1 fully saturated rings. The molecule has 1 atom stereocenters. The van der Waals surface area contributed by atoms with Gasteiger partial charge in [0.15, 0.2) is 0 Å². The van der Waals surface area contributed by atoms with Gasteiger partial charge in [-0.3, -0.25) is 0 Å². The molecule has 2 aromatic carbocycles.